The number of aromatic nitrogens is 4. The van der Waals surface area contributed by atoms with Crippen LogP contribution in [0.4, 0.5) is 5.82 Å². The summed E-state index contributed by atoms with van der Waals surface area (Å²) < 4.78 is 11.8. The molecule has 0 amide bonds. The summed E-state index contributed by atoms with van der Waals surface area (Å²) in [5.74, 6) is 1.70. The summed E-state index contributed by atoms with van der Waals surface area (Å²) in [6.07, 6.45) is 0.527. The zero-order chi connectivity index (χ0) is 23.3. The summed E-state index contributed by atoms with van der Waals surface area (Å²) in [6, 6.07) is 25.7. The lowest BCUT2D eigenvalue weighted by Gasteiger charge is -2.14. The number of nitrogens with one attached hydrogen (secondary N) is 1. The molecule has 170 valence electrons. The first-order valence-corrected chi connectivity index (χ1v) is 11.6. The zero-order valence-electron chi connectivity index (χ0n) is 18.6. The molecular weight excluding hydrogens is 446 g/mol. The van der Waals surface area contributed by atoms with Crippen LogP contribution in [0.1, 0.15) is 17.0 Å². The first kappa shape index (κ1) is 21.8. The average molecular weight is 470 g/mol. The Bertz CT molecular complexity index is 1410. The Morgan fingerprint density at radius 2 is 1.68 bits per heavy atom. The minimum Gasteiger partial charge on any atom is -0.493 e. The van der Waals surface area contributed by atoms with Crippen LogP contribution in [0.2, 0.25) is 0 Å². The molecule has 8 heteroatoms. The van der Waals surface area contributed by atoms with Crippen molar-refractivity contribution in [1.82, 2.24) is 20.2 Å². The summed E-state index contributed by atoms with van der Waals surface area (Å²) in [7, 11) is 1.63. The molecule has 5 aromatic rings. The Labute approximate surface area is 201 Å². The normalized spacial score (nSPS) is 11.0. The van der Waals surface area contributed by atoms with E-state index < -0.39 is 0 Å². The molecule has 3 N–H and O–H groups in total. The van der Waals surface area contributed by atoms with E-state index in [0.717, 1.165) is 32.7 Å². The maximum atomic E-state index is 6.12. The number of rotatable bonds is 8. The second kappa shape index (κ2) is 9.84. The van der Waals surface area contributed by atoms with Gasteiger partial charge in [0.15, 0.2) is 16.7 Å². The van der Waals surface area contributed by atoms with Gasteiger partial charge >= 0.3 is 0 Å². The molecule has 0 radical (unpaired) electrons. The highest BCUT2D eigenvalue weighted by Crippen LogP contribution is 2.35. The van der Waals surface area contributed by atoms with Crippen LogP contribution in [-0.2, 0) is 13.0 Å². The molecule has 2 heterocycles. The third-order valence-electron chi connectivity index (χ3n) is 5.24. The lowest BCUT2D eigenvalue weighted by atomic mass is 10.1. The van der Waals surface area contributed by atoms with E-state index in [0.29, 0.717) is 35.5 Å². The molecule has 0 aliphatic heterocycles. The standard InChI is InChI=1S/C26H23N5O2S/c1-32-23-14-20-21(12-18-13-25(27)31-30-18)28-26(34-19-10-6-3-7-11-19)29-22(20)15-24(23)33-16-17-8-4-2-5-9-17/h2-11,13-15H,12,16H2,1H3,(H3,27,30,31). The highest BCUT2D eigenvalue weighted by atomic mass is 32.2. The van der Waals surface area contributed by atoms with Gasteiger partial charge in [-0.25, -0.2) is 9.97 Å². The Balaban J connectivity index is 1.55. The largest absolute Gasteiger partial charge is 0.493 e. The van der Waals surface area contributed by atoms with Crippen molar-refractivity contribution in [1.29, 1.82) is 0 Å². The van der Waals surface area contributed by atoms with Gasteiger partial charge in [0.1, 0.15) is 12.4 Å². The van der Waals surface area contributed by atoms with Gasteiger partial charge in [-0.1, -0.05) is 48.5 Å². The molecule has 0 unspecified atom stereocenters. The molecule has 5 rings (SSSR count). The Hall–Kier alpha value is -4.04. The van der Waals surface area contributed by atoms with Crippen LogP contribution in [0, 0.1) is 0 Å². The van der Waals surface area contributed by atoms with Gasteiger partial charge in [0.2, 0.25) is 0 Å². The van der Waals surface area contributed by atoms with Gasteiger partial charge in [-0.3, -0.25) is 5.10 Å². The minimum atomic E-state index is 0.430. The van der Waals surface area contributed by atoms with E-state index in [9.17, 15) is 0 Å². The van der Waals surface area contributed by atoms with Gasteiger partial charge in [0, 0.05) is 34.5 Å². The van der Waals surface area contributed by atoms with Crippen molar-refractivity contribution in [2.45, 2.75) is 23.1 Å². The van der Waals surface area contributed by atoms with Gasteiger partial charge in [0.25, 0.3) is 0 Å². The first-order valence-electron chi connectivity index (χ1n) is 10.8. The number of nitrogen functional groups attached to an aromatic ring is 1. The zero-order valence-corrected chi connectivity index (χ0v) is 19.4. The quantitative estimate of drug-likeness (QED) is 0.299. The van der Waals surface area contributed by atoms with E-state index in [4.69, 9.17) is 25.2 Å². The Morgan fingerprint density at radius 1 is 0.912 bits per heavy atom. The number of ether oxygens (including phenoxy) is 2. The highest BCUT2D eigenvalue weighted by Gasteiger charge is 2.16. The van der Waals surface area contributed by atoms with Crippen molar-refractivity contribution in [3.63, 3.8) is 0 Å². The summed E-state index contributed by atoms with van der Waals surface area (Å²) in [6.45, 7) is 0.430. The number of nitrogens with zero attached hydrogens (tertiary/aromatic N) is 3. The number of benzene rings is 3. The van der Waals surface area contributed by atoms with E-state index in [1.807, 2.05) is 78.9 Å². The molecule has 0 fully saturated rings. The fourth-order valence-corrected chi connectivity index (χ4v) is 4.41. The van der Waals surface area contributed by atoms with E-state index in [-0.39, 0.29) is 0 Å². The van der Waals surface area contributed by atoms with Gasteiger partial charge in [-0.2, -0.15) is 5.10 Å². The second-order valence-electron chi connectivity index (χ2n) is 7.66. The van der Waals surface area contributed by atoms with E-state index in [1.54, 1.807) is 7.11 Å². The Kier molecular flexibility index (Phi) is 6.31. The number of hydrogen-bond acceptors (Lipinski definition) is 7. The van der Waals surface area contributed by atoms with Crippen LogP contribution in [0.3, 0.4) is 0 Å². The molecule has 3 aromatic carbocycles. The van der Waals surface area contributed by atoms with Crippen LogP contribution >= 0.6 is 11.8 Å². The fraction of sp³-hybridized carbons (Fsp3) is 0.115. The van der Waals surface area contributed by atoms with Crippen LogP contribution in [0.25, 0.3) is 10.9 Å². The number of nitrogens with two attached hydrogens (primary N) is 1. The highest BCUT2D eigenvalue weighted by molar-refractivity contribution is 7.99. The molecule has 7 nitrogen and oxygen atoms in total. The maximum absolute atomic E-state index is 6.12. The van der Waals surface area contributed by atoms with Crippen LogP contribution in [0.5, 0.6) is 11.5 Å². The topological polar surface area (TPSA) is 98.9 Å². The van der Waals surface area contributed by atoms with Crippen LogP contribution < -0.4 is 15.2 Å². The van der Waals surface area contributed by atoms with Crippen molar-refractivity contribution in [2.24, 2.45) is 0 Å². The summed E-state index contributed by atoms with van der Waals surface area (Å²) in [5.41, 5.74) is 9.38. The SMILES string of the molecule is COc1cc2c(Cc3cc(N)n[nH]3)nc(Sc3ccccc3)nc2cc1OCc1ccccc1. The molecule has 2 aromatic heterocycles. The van der Waals surface area contributed by atoms with Crippen molar-refractivity contribution >= 4 is 28.5 Å². The van der Waals surface area contributed by atoms with Crippen LogP contribution in [0.15, 0.2) is 88.9 Å². The molecule has 0 spiro atoms. The summed E-state index contributed by atoms with van der Waals surface area (Å²) >= 11 is 1.51. The van der Waals surface area contributed by atoms with Crippen LogP contribution in [-0.4, -0.2) is 27.3 Å². The minimum absolute atomic E-state index is 0.430. The number of hydrogen-bond donors (Lipinski definition) is 2. The molecule has 0 atom stereocenters. The van der Waals surface area contributed by atoms with Gasteiger partial charge in [0.05, 0.1) is 18.3 Å². The van der Waals surface area contributed by atoms with Gasteiger partial charge < -0.3 is 15.2 Å². The van der Waals surface area contributed by atoms with E-state index in [1.165, 1.54) is 11.8 Å². The first-order chi connectivity index (χ1) is 16.7. The summed E-state index contributed by atoms with van der Waals surface area (Å²) in [4.78, 5) is 10.8. The number of aromatic amines is 1. The smallest absolute Gasteiger partial charge is 0.193 e. The van der Waals surface area contributed by atoms with Gasteiger partial charge in [-0.15, -0.1) is 0 Å². The third kappa shape index (κ3) is 4.97. The van der Waals surface area contributed by atoms with Crippen molar-refractivity contribution in [3.05, 3.63) is 95.8 Å². The maximum Gasteiger partial charge on any atom is 0.193 e. The Morgan fingerprint density at radius 3 is 2.38 bits per heavy atom. The van der Waals surface area contributed by atoms with E-state index >= 15 is 0 Å². The molecule has 0 aliphatic rings. The molecular formula is C26H23N5O2S. The van der Waals surface area contributed by atoms with Crippen molar-refractivity contribution in [3.8, 4) is 11.5 Å². The fourth-order valence-electron chi connectivity index (χ4n) is 3.61. The monoisotopic (exact) mass is 469 g/mol. The average Bonchev–Trinajstić information content (AvgIpc) is 3.28. The lowest BCUT2D eigenvalue weighted by molar-refractivity contribution is 0.285. The number of fused-ring (bicyclic) bond motifs is 1. The molecule has 0 bridgehead atoms. The number of anilines is 1. The molecule has 0 aliphatic carbocycles. The van der Waals surface area contributed by atoms with E-state index in [2.05, 4.69) is 10.2 Å². The van der Waals surface area contributed by atoms with Crippen molar-refractivity contribution < 1.29 is 9.47 Å². The summed E-state index contributed by atoms with van der Waals surface area (Å²) in [5, 5.41) is 8.55. The third-order valence-corrected chi connectivity index (χ3v) is 6.11. The molecule has 34 heavy (non-hydrogen) atoms. The van der Waals surface area contributed by atoms with Crippen molar-refractivity contribution in [2.75, 3.05) is 12.8 Å². The number of methoxy groups -OCH3 is 1. The van der Waals surface area contributed by atoms with Gasteiger partial charge in [-0.05, 0) is 35.5 Å². The lowest BCUT2D eigenvalue weighted by Crippen LogP contribution is -2.02. The number of H-pyrrole nitrogens is 1. The molecule has 0 saturated heterocycles. The second-order valence-corrected chi connectivity index (χ2v) is 8.70. The predicted molar refractivity (Wildman–Crippen MR) is 133 cm³/mol. The predicted octanol–water partition coefficient (Wildman–Crippen LogP) is 5.26. The molecule has 0 saturated carbocycles.